The molecule has 5 rings (SSSR count). The predicted molar refractivity (Wildman–Crippen MR) is 171 cm³/mol. The second-order valence-corrected chi connectivity index (χ2v) is 20.5. The van der Waals surface area contributed by atoms with Crippen LogP contribution >= 0.6 is 0 Å². The summed E-state index contributed by atoms with van der Waals surface area (Å²) in [5.74, 6) is -0.169. The first-order valence-corrected chi connectivity index (χ1v) is 19.0. The van der Waals surface area contributed by atoms with E-state index in [0.717, 1.165) is 55.8 Å². The molecule has 1 aromatic carbocycles. The molecule has 42 heavy (non-hydrogen) atoms. The molecule has 0 radical (unpaired) electrons. The van der Waals surface area contributed by atoms with Crippen molar-refractivity contribution in [3.05, 3.63) is 59.2 Å². The molecule has 1 N–H and O–H groups in total. The van der Waals surface area contributed by atoms with Gasteiger partial charge in [0, 0.05) is 38.5 Å². The molecule has 224 valence electrons. The smallest absolute Gasteiger partial charge is 0.291 e. The third-order valence-electron chi connectivity index (χ3n) is 8.95. The first kappa shape index (κ1) is 30.5. The molecule has 1 saturated heterocycles. The molecule has 2 aromatic rings. The number of anilines is 1. The van der Waals surface area contributed by atoms with Crippen LogP contribution in [0.2, 0.25) is 25.7 Å². The van der Waals surface area contributed by atoms with E-state index >= 15 is 0 Å². The minimum absolute atomic E-state index is 0.132. The fraction of sp³-hybridized carbons (Fsp3) is 0.559. The third-order valence-corrected chi connectivity index (χ3v) is 10.7. The normalized spacial score (nSPS) is 25.0. The van der Waals surface area contributed by atoms with Crippen LogP contribution in [0.4, 0.5) is 5.69 Å². The Morgan fingerprint density at radius 1 is 1.17 bits per heavy atom. The summed E-state index contributed by atoms with van der Waals surface area (Å²) in [5.41, 5.74) is 5.67. The van der Waals surface area contributed by atoms with E-state index in [1.54, 1.807) is 10.8 Å². The monoisotopic (exact) mass is 586 g/mol. The zero-order valence-electron chi connectivity index (χ0n) is 26.4. The van der Waals surface area contributed by atoms with Crippen LogP contribution in [0, 0.1) is 16.7 Å². The van der Waals surface area contributed by atoms with Gasteiger partial charge in [0.25, 0.3) is 5.91 Å². The average molecular weight is 587 g/mol. The van der Waals surface area contributed by atoms with Crippen molar-refractivity contribution >= 4 is 30.8 Å². The van der Waals surface area contributed by atoms with Gasteiger partial charge in [0.2, 0.25) is 5.82 Å². The maximum absolute atomic E-state index is 13.7. The molecule has 3 heterocycles. The van der Waals surface area contributed by atoms with Crippen LogP contribution in [0.3, 0.4) is 0 Å². The lowest BCUT2D eigenvalue weighted by Crippen LogP contribution is -2.34. The van der Waals surface area contributed by atoms with E-state index in [1.807, 2.05) is 6.07 Å². The molecule has 2 bridgehead atoms. The number of nitriles is 1. The molecule has 0 spiro atoms. The van der Waals surface area contributed by atoms with Crippen LogP contribution in [0.5, 0.6) is 0 Å². The van der Waals surface area contributed by atoms with Gasteiger partial charge in [-0.3, -0.25) is 4.79 Å². The number of nitrogens with zero attached hydrogens (tertiary/aromatic N) is 3. The SMILES string of the molecule is CC1(C)CC=C(c2cc(C3=CC4(C)CCC(C)(C3)O4)ccc2NC(=O)c2nc(C#N)cn2COCC[Si](C)(C)C)CC1. The number of amides is 1. The molecule has 8 heteroatoms. The lowest BCUT2D eigenvalue weighted by Gasteiger charge is -2.35. The number of ether oxygens (including phenoxy) is 2. The average Bonchev–Trinajstić information content (AvgIpc) is 3.42. The van der Waals surface area contributed by atoms with Crippen molar-refractivity contribution < 1.29 is 14.3 Å². The fourth-order valence-corrected chi connectivity index (χ4v) is 7.08. The largest absolute Gasteiger partial charge is 0.365 e. The Kier molecular flexibility index (Phi) is 8.16. The van der Waals surface area contributed by atoms with Crippen LogP contribution < -0.4 is 5.32 Å². The number of imidazole rings is 1. The second kappa shape index (κ2) is 11.3. The van der Waals surface area contributed by atoms with Gasteiger partial charge < -0.3 is 19.4 Å². The van der Waals surface area contributed by atoms with E-state index in [1.165, 1.54) is 16.7 Å². The Morgan fingerprint density at radius 2 is 1.95 bits per heavy atom. The highest BCUT2D eigenvalue weighted by Gasteiger charge is 2.46. The van der Waals surface area contributed by atoms with Gasteiger partial charge in [0.05, 0.1) is 11.2 Å². The molecule has 1 amide bonds. The number of hydrogen-bond donors (Lipinski definition) is 1. The summed E-state index contributed by atoms with van der Waals surface area (Å²) in [6.07, 6.45) is 12.2. The van der Waals surface area contributed by atoms with E-state index in [9.17, 15) is 10.1 Å². The molecule has 3 aliphatic rings. The molecule has 1 aliphatic carbocycles. The van der Waals surface area contributed by atoms with Gasteiger partial charge >= 0.3 is 0 Å². The van der Waals surface area contributed by atoms with Crippen LogP contribution in [-0.2, 0) is 16.2 Å². The number of rotatable bonds is 9. The summed E-state index contributed by atoms with van der Waals surface area (Å²) >= 11 is 0. The first-order valence-electron chi connectivity index (χ1n) is 15.3. The maximum Gasteiger partial charge on any atom is 0.291 e. The first-order chi connectivity index (χ1) is 19.7. The number of allylic oxidation sites excluding steroid dienone is 2. The number of aromatic nitrogens is 2. The molecule has 1 fully saturated rings. The Hall–Kier alpha value is -2.99. The molecule has 2 unspecified atom stereocenters. The Morgan fingerprint density at radius 3 is 2.62 bits per heavy atom. The number of benzene rings is 1. The highest BCUT2D eigenvalue weighted by atomic mass is 28.3. The van der Waals surface area contributed by atoms with Crippen molar-refractivity contribution in [1.82, 2.24) is 9.55 Å². The maximum atomic E-state index is 13.7. The number of nitrogens with one attached hydrogen (secondary N) is 1. The van der Waals surface area contributed by atoms with Crippen LogP contribution in [0.25, 0.3) is 11.1 Å². The van der Waals surface area contributed by atoms with E-state index < -0.39 is 8.07 Å². The third kappa shape index (κ3) is 6.96. The standard InChI is InChI=1S/C34H46N4O3Si/c1-32(2)12-10-24(11-13-32)28-18-25(26-19-33(3)14-15-34(4,20-26)41-33)8-9-29(28)37-31(39)30-36-27(21-35)22-38(30)23-40-16-17-42(5,6)7/h8-10,18-19,22H,11-17,20,23H2,1-7H3,(H,37,39). The highest BCUT2D eigenvalue weighted by molar-refractivity contribution is 6.76. The van der Waals surface area contributed by atoms with Crippen LogP contribution in [0.1, 0.15) is 93.7 Å². The van der Waals surface area contributed by atoms with E-state index in [0.29, 0.717) is 6.61 Å². The van der Waals surface area contributed by atoms with Crippen molar-refractivity contribution in [1.29, 1.82) is 5.26 Å². The summed E-state index contributed by atoms with van der Waals surface area (Å²) in [6.45, 7) is 16.7. The molecular weight excluding hydrogens is 540 g/mol. The lowest BCUT2D eigenvalue weighted by atomic mass is 9.76. The van der Waals surface area contributed by atoms with Gasteiger partial charge in [-0.2, -0.15) is 5.26 Å². The van der Waals surface area contributed by atoms with Crippen LogP contribution in [0.15, 0.2) is 36.5 Å². The molecule has 2 atom stereocenters. The fourth-order valence-electron chi connectivity index (χ4n) is 6.32. The molecule has 2 aliphatic heterocycles. The lowest BCUT2D eigenvalue weighted by molar-refractivity contribution is -0.0634. The Labute approximate surface area is 252 Å². The van der Waals surface area contributed by atoms with Gasteiger partial charge in [-0.15, -0.1) is 0 Å². The van der Waals surface area contributed by atoms with E-state index in [-0.39, 0.29) is 40.8 Å². The summed E-state index contributed by atoms with van der Waals surface area (Å²) in [7, 11) is -1.24. The quantitative estimate of drug-likeness (QED) is 0.237. The van der Waals surface area contributed by atoms with Crippen molar-refractivity contribution in [2.45, 2.75) is 110 Å². The number of fused-ring (bicyclic) bond motifs is 2. The van der Waals surface area contributed by atoms with Crippen LogP contribution in [-0.4, -0.2) is 41.3 Å². The van der Waals surface area contributed by atoms with Gasteiger partial charge in [-0.05, 0) is 92.3 Å². The van der Waals surface area contributed by atoms with Gasteiger partial charge in [0.15, 0.2) is 5.69 Å². The number of carbonyl (C=O) groups is 1. The summed E-state index contributed by atoms with van der Waals surface area (Å²) < 4.78 is 13.9. The second-order valence-electron chi connectivity index (χ2n) is 14.9. The number of carbonyl (C=O) groups excluding carboxylic acids is 1. The number of hydrogen-bond acceptors (Lipinski definition) is 5. The minimum Gasteiger partial charge on any atom is -0.365 e. The highest BCUT2D eigenvalue weighted by Crippen LogP contribution is 2.49. The summed E-state index contributed by atoms with van der Waals surface area (Å²) in [6, 6.07) is 9.47. The summed E-state index contributed by atoms with van der Waals surface area (Å²) in [4.78, 5) is 18.0. The van der Waals surface area contributed by atoms with Crippen molar-refractivity contribution in [3.63, 3.8) is 0 Å². The Bertz CT molecular complexity index is 1470. The van der Waals surface area contributed by atoms with Gasteiger partial charge in [-0.1, -0.05) is 45.6 Å². The summed E-state index contributed by atoms with van der Waals surface area (Å²) in [5, 5.41) is 12.6. The topological polar surface area (TPSA) is 89.2 Å². The Balaban J connectivity index is 1.44. The molecule has 1 aromatic heterocycles. The molecule has 0 saturated carbocycles. The van der Waals surface area contributed by atoms with Crippen molar-refractivity contribution in [2.24, 2.45) is 5.41 Å². The molecule has 7 nitrogen and oxygen atoms in total. The van der Waals surface area contributed by atoms with E-state index in [4.69, 9.17) is 9.47 Å². The zero-order chi connectivity index (χ0) is 30.3. The minimum atomic E-state index is -1.24. The predicted octanol–water partition coefficient (Wildman–Crippen LogP) is 8.03. The van der Waals surface area contributed by atoms with Gasteiger partial charge in [-0.25, -0.2) is 4.98 Å². The van der Waals surface area contributed by atoms with Crippen molar-refractivity contribution in [2.75, 3.05) is 11.9 Å². The molecular formula is C34H46N4O3Si. The zero-order valence-corrected chi connectivity index (χ0v) is 27.4. The van der Waals surface area contributed by atoms with Crippen molar-refractivity contribution in [3.8, 4) is 6.07 Å². The van der Waals surface area contributed by atoms with E-state index in [2.05, 4.69) is 88.0 Å². The van der Waals surface area contributed by atoms with Gasteiger partial charge in [0.1, 0.15) is 12.8 Å².